The molecule has 0 fully saturated rings. The molecule has 4 nitrogen and oxygen atoms in total. The average molecular weight is 131 g/mol. The molecule has 52 valence electrons. The fraction of sp³-hybridized carbons (Fsp3) is 0.400. The van der Waals surface area contributed by atoms with Gasteiger partial charge in [-0.25, -0.2) is 4.79 Å². The highest BCUT2D eigenvalue weighted by Gasteiger charge is 1.94. The van der Waals surface area contributed by atoms with Gasteiger partial charge in [0.05, 0.1) is 20.3 Å². The summed E-state index contributed by atoms with van der Waals surface area (Å²) in [5.41, 5.74) is 5.09. The SMILES string of the molecule is COC(=O)C=C(N)OC. The molecule has 0 saturated carbocycles. The summed E-state index contributed by atoms with van der Waals surface area (Å²) in [6, 6.07) is 0. The van der Waals surface area contributed by atoms with Crippen LogP contribution in [0.4, 0.5) is 0 Å². The zero-order chi connectivity index (χ0) is 7.28. The van der Waals surface area contributed by atoms with Gasteiger partial charge in [0.25, 0.3) is 0 Å². The van der Waals surface area contributed by atoms with Crippen LogP contribution in [0.15, 0.2) is 12.0 Å². The quantitative estimate of drug-likeness (QED) is 0.315. The van der Waals surface area contributed by atoms with E-state index in [0.717, 1.165) is 6.08 Å². The number of nitrogens with two attached hydrogens (primary N) is 1. The maximum absolute atomic E-state index is 10.3. The molecule has 0 aromatic carbocycles. The molecule has 4 heteroatoms. The van der Waals surface area contributed by atoms with Crippen molar-refractivity contribution in [2.75, 3.05) is 14.2 Å². The summed E-state index contributed by atoms with van der Waals surface area (Å²) in [6.07, 6.45) is 1.06. The first kappa shape index (κ1) is 7.81. The summed E-state index contributed by atoms with van der Waals surface area (Å²) in [7, 11) is 2.64. The van der Waals surface area contributed by atoms with Gasteiger partial charge in [0.2, 0.25) is 0 Å². The second-order valence-corrected chi connectivity index (χ2v) is 1.27. The predicted molar refractivity (Wildman–Crippen MR) is 31.3 cm³/mol. The molecule has 0 heterocycles. The van der Waals surface area contributed by atoms with Crippen molar-refractivity contribution in [1.29, 1.82) is 0 Å². The van der Waals surface area contributed by atoms with Crippen molar-refractivity contribution in [3.63, 3.8) is 0 Å². The van der Waals surface area contributed by atoms with Crippen molar-refractivity contribution in [3.8, 4) is 0 Å². The first-order chi connectivity index (χ1) is 4.20. The van der Waals surface area contributed by atoms with Gasteiger partial charge in [0, 0.05) is 0 Å². The molecule has 9 heavy (non-hydrogen) atoms. The Morgan fingerprint density at radius 2 is 2.00 bits per heavy atom. The van der Waals surface area contributed by atoms with Crippen molar-refractivity contribution in [1.82, 2.24) is 0 Å². The van der Waals surface area contributed by atoms with Crippen LogP contribution in [0.3, 0.4) is 0 Å². The Kier molecular flexibility index (Phi) is 3.27. The number of rotatable bonds is 2. The smallest absolute Gasteiger partial charge is 0.335 e. The van der Waals surface area contributed by atoms with Gasteiger partial charge in [0.1, 0.15) is 0 Å². The number of esters is 1. The van der Waals surface area contributed by atoms with Crippen LogP contribution in [0.1, 0.15) is 0 Å². The largest absolute Gasteiger partial charge is 0.482 e. The number of carbonyl (C=O) groups excluding carboxylic acids is 1. The van der Waals surface area contributed by atoms with Crippen molar-refractivity contribution in [3.05, 3.63) is 12.0 Å². The molecule has 0 spiro atoms. The van der Waals surface area contributed by atoms with Crippen LogP contribution in [-0.2, 0) is 14.3 Å². The molecule has 0 aliphatic carbocycles. The number of carbonyl (C=O) groups is 1. The molecule has 0 saturated heterocycles. The third kappa shape index (κ3) is 3.40. The molecule has 0 aromatic heterocycles. The Morgan fingerprint density at radius 3 is 2.33 bits per heavy atom. The Morgan fingerprint density at radius 1 is 1.44 bits per heavy atom. The maximum Gasteiger partial charge on any atom is 0.335 e. The molecular formula is C5H9NO3. The molecule has 0 unspecified atom stereocenters. The van der Waals surface area contributed by atoms with Crippen LogP contribution in [0, 0.1) is 0 Å². The third-order valence-electron chi connectivity index (χ3n) is 0.697. The normalized spacial score (nSPS) is 10.7. The number of methoxy groups -OCH3 is 2. The lowest BCUT2D eigenvalue weighted by Crippen LogP contribution is -2.04. The predicted octanol–water partition coefficient (Wildman–Crippen LogP) is -0.394. The van der Waals surface area contributed by atoms with Crippen molar-refractivity contribution >= 4 is 5.97 Å². The Labute approximate surface area is 53.2 Å². The summed E-state index contributed by atoms with van der Waals surface area (Å²) in [6.45, 7) is 0. The molecule has 0 aliphatic heterocycles. The highest BCUT2D eigenvalue weighted by Crippen LogP contribution is 1.84. The molecule has 0 aromatic rings. The molecular weight excluding hydrogens is 122 g/mol. The van der Waals surface area contributed by atoms with E-state index in [-0.39, 0.29) is 5.88 Å². The number of hydrogen-bond donors (Lipinski definition) is 1. The number of ether oxygens (including phenoxy) is 2. The van der Waals surface area contributed by atoms with Gasteiger partial charge in [0.15, 0.2) is 5.88 Å². The van der Waals surface area contributed by atoms with Crippen LogP contribution in [0.5, 0.6) is 0 Å². The highest BCUT2D eigenvalue weighted by atomic mass is 16.5. The van der Waals surface area contributed by atoms with Crippen LogP contribution in [-0.4, -0.2) is 20.2 Å². The summed E-state index contributed by atoms with van der Waals surface area (Å²) < 4.78 is 8.71. The molecule has 0 atom stereocenters. The topological polar surface area (TPSA) is 61.5 Å². The Bertz CT molecular complexity index is 130. The first-order valence-corrected chi connectivity index (χ1v) is 2.29. The molecule has 2 N–H and O–H groups in total. The second kappa shape index (κ2) is 3.77. The molecule has 0 amide bonds. The monoisotopic (exact) mass is 131 g/mol. The second-order valence-electron chi connectivity index (χ2n) is 1.27. The van der Waals surface area contributed by atoms with Gasteiger partial charge < -0.3 is 15.2 Å². The minimum Gasteiger partial charge on any atom is -0.482 e. The van der Waals surface area contributed by atoms with Gasteiger partial charge in [-0.3, -0.25) is 0 Å². The molecule has 0 radical (unpaired) electrons. The van der Waals surface area contributed by atoms with E-state index in [2.05, 4.69) is 9.47 Å². The minimum atomic E-state index is -0.519. The molecule has 0 aliphatic rings. The van der Waals surface area contributed by atoms with E-state index in [4.69, 9.17) is 5.73 Å². The summed E-state index contributed by atoms with van der Waals surface area (Å²) in [4.78, 5) is 10.3. The Balaban J connectivity index is 3.79. The lowest BCUT2D eigenvalue weighted by Gasteiger charge is -1.95. The van der Waals surface area contributed by atoms with Crippen LogP contribution < -0.4 is 5.73 Å². The van der Waals surface area contributed by atoms with Crippen LogP contribution in [0.25, 0.3) is 0 Å². The average Bonchev–Trinajstić information content (AvgIpc) is 1.87. The van der Waals surface area contributed by atoms with E-state index >= 15 is 0 Å². The minimum absolute atomic E-state index is 0.0434. The van der Waals surface area contributed by atoms with Gasteiger partial charge in [-0.05, 0) is 0 Å². The van der Waals surface area contributed by atoms with E-state index in [9.17, 15) is 4.79 Å². The van der Waals surface area contributed by atoms with E-state index in [1.54, 1.807) is 0 Å². The van der Waals surface area contributed by atoms with E-state index in [1.807, 2.05) is 0 Å². The van der Waals surface area contributed by atoms with E-state index in [1.165, 1.54) is 14.2 Å². The third-order valence-corrected chi connectivity index (χ3v) is 0.697. The van der Waals surface area contributed by atoms with Crippen LogP contribution in [0.2, 0.25) is 0 Å². The van der Waals surface area contributed by atoms with Crippen LogP contribution >= 0.6 is 0 Å². The van der Waals surface area contributed by atoms with Gasteiger partial charge in [-0.15, -0.1) is 0 Å². The van der Waals surface area contributed by atoms with Crippen molar-refractivity contribution in [2.45, 2.75) is 0 Å². The summed E-state index contributed by atoms with van der Waals surface area (Å²) in [5.74, 6) is -0.476. The first-order valence-electron chi connectivity index (χ1n) is 2.29. The van der Waals surface area contributed by atoms with E-state index in [0.29, 0.717) is 0 Å². The zero-order valence-electron chi connectivity index (χ0n) is 5.38. The maximum atomic E-state index is 10.3. The standard InChI is InChI=1S/C5H9NO3/c1-8-4(6)3-5(7)9-2/h3H,6H2,1-2H3. The molecule has 0 rings (SSSR count). The summed E-state index contributed by atoms with van der Waals surface area (Å²) >= 11 is 0. The van der Waals surface area contributed by atoms with Gasteiger partial charge in [-0.2, -0.15) is 0 Å². The summed E-state index contributed by atoms with van der Waals surface area (Å²) in [5, 5.41) is 0. The lowest BCUT2D eigenvalue weighted by atomic mass is 10.6. The lowest BCUT2D eigenvalue weighted by molar-refractivity contribution is -0.135. The highest BCUT2D eigenvalue weighted by molar-refractivity contribution is 5.82. The fourth-order valence-corrected chi connectivity index (χ4v) is 0.234. The zero-order valence-corrected chi connectivity index (χ0v) is 5.38. The Hall–Kier alpha value is -1.19. The van der Waals surface area contributed by atoms with Gasteiger partial charge >= 0.3 is 5.97 Å². The molecule has 0 bridgehead atoms. The number of hydrogen-bond acceptors (Lipinski definition) is 4. The van der Waals surface area contributed by atoms with E-state index < -0.39 is 5.97 Å². The van der Waals surface area contributed by atoms with Crippen molar-refractivity contribution in [2.24, 2.45) is 5.73 Å². The van der Waals surface area contributed by atoms with Gasteiger partial charge in [-0.1, -0.05) is 0 Å². The van der Waals surface area contributed by atoms with Crippen molar-refractivity contribution < 1.29 is 14.3 Å². The fourth-order valence-electron chi connectivity index (χ4n) is 0.234.